The van der Waals surface area contributed by atoms with E-state index in [9.17, 15) is 10.1 Å². The quantitative estimate of drug-likeness (QED) is 0.687. The lowest BCUT2D eigenvalue weighted by Gasteiger charge is -2.19. The Bertz CT molecular complexity index is 661. The summed E-state index contributed by atoms with van der Waals surface area (Å²) in [6, 6.07) is 10.0. The van der Waals surface area contributed by atoms with Gasteiger partial charge in [-0.1, -0.05) is 32.9 Å². The van der Waals surface area contributed by atoms with Gasteiger partial charge in [0.2, 0.25) is 0 Å². The predicted molar refractivity (Wildman–Crippen MR) is 80.5 cm³/mol. The molecular weight excluding hydrogens is 270 g/mol. The van der Waals surface area contributed by atoms with Crippen molar-refractivity contribution in [3.8, 4) is 11.6 Å². The molecule has 0 radical (unpaired) electrons. The van der Waals surface area contributed by atoms with E-state index in [1.54, 1.807) is 12.1 Å². The zero-order valence-corrected chi connectivity index (χ0v) is 12.2. The lowest BCUT2D eigenvalue weighted by Crippen LogP contribution is -2.10. The summed E-state index contributed by atoms with van der Waals surface area (Å²) < 4.78 is 5.49. The maximum atomic E-state index is 11.0. The Morgan fingerprint density at radius 2 is 1.76 bits per heavy atom. The Kier molecular flexibility index (Phi) is 3.80. The van der Waals surface area contributed by atoms with Gasteiger partial charge in [0, 0.05) is 6.07 Å². The van der Waals surface area contributed by atoms with Gasteiger partial charge in [0.1, 0.15) is 11.6 Å². The maximum absolute atomic E-state index is 11.0. The fraction of sp³-hybridized carbons (Fsp3) is 0.267. The second-order valence-electron chi connectivity index (χ2n) is 5.69. The van der Waals surface area contributed by atoms with E-state index < -0.39 is 4.92 Å². The summed E-state index contributed by atoms with van der Waals surface area (Å²) >= 11 is 0. The molecule has 1 aromatic carbocycles. The minimum absolute atomic E-state index is 0.0277. The first-order chi connectivity index (χ1) is 9.77. The first-order valence-corrected chi connectivity index (χ1v) is 6.46. The summed E-state index contributed by atoms with van der Waals surface area (Å²) in [6.07, 6.45) is 0. The van der Waals surface area contributed by atoms with Crippen molar-refractivity contribution in [1.29, 1.82) is 0 Å². The van der Waals surface area contributed by atoms with Crippen molar-refractivity contribution in [3.63, 3.8) is 0 Å². The first kappa shape index (κ1) is 14.8. The van der Waals surface area contributed by atoms with Crippen molar-refractivity contribution in [1.82, 2.24) is 4.98 Å². The lowest BCUT2D eigenvalue weighted by molar-refractivity contribution is -0.386. The van der Waals surface area contributed by atoms with Crippen LogP contribution in [-0.4, -0.2) is 9.91 Å². The van der Waals surface area contributed by atoms with Crippen molar-refractivity contribution in [2.24, 2.45) is 0 Å². The molecule has 6 heteroatoms. The van der Waals surface area contributed by atoms with Crippen molar-refractivity contribution in [2.45, 2.75) is 26.2 Å². The minimum atomic E-state index is -0.550. The van der Waals surface area contributed by atoms with Crippen LogP contribution in [0.25, 0.3) is 0 Å². The van der Waals surface area contributed by atoms with Crippen LogP contribution in [0, 0.1) is 10.1 Å². The van der Waals surface area contributed by atoms with Crippen LogP contribution in [0.1, 0.15) is 26.3 Å². The van der Waals surface area contributed by atoms with Gasteiger partial charge in [-0.2, -0.15) is 4.98 Å². The molecule has 1 heterocycles. The maximum Gasteiger partial charge on any atom is 0.331 e. The number of nitrogens with two attached hydrogens (primary N) is 1. The summed E-state index contributed by atoms with van der Waals surface area (Å²) in [7, 11) is 0. The minimum Gasteiger partial charge on any atom is -0.434 e. The van der Waals surface area contributed by atoms with Gasteiger partial charge >= 0.3 is 11.6 Å². The average Bonchev–Trinajstić information content (AvgIpc) is 2.38. The summed E-state index contributed by atoms with van der Waals surface area (Å²) in [5.41, 5.74) is 6.50. The van der Waals surface area contributed by atoms with Crippen LogP contribution in [0.15, 0.2) is 36.4 Å². The predicted octanol–water partition coefficient (Wildman–Crippen LogP) is 3.66. The number of hydrogen-bond donors (Lipinski definition) is 1. The van der Waals surface area contributed by atoms with Gasteiger partial charge in [0.25, 0.3) is 0 Å². The normalized spacial score (nSPS) is 11.2. The van der Waals surface area contributed by atoms with Gasteiger partial charge in [-0.15, -0.1) is 0 Å². The van der Waals surface area contributed by atoms with Crippen molar-refractivity contribution >= 4 is 11.5 Å². The van der Waals surface area contributed by atoms with Gasteiger partial charge in [-0.05, 0) is 29.2 Å². The Balaban J connectivity index is 2.30. The number of hydrogen-bond acceptors (Lipinski definition) is 5. The van der Waals surface area contributed by atoms with Crippen molar-refractivity contribution in [2.75, 3.05) is 5.73 Å². The van der Waals surface area contributed by atoms with Gasteiger partial charge < -0.3 is 10.5 Å². The zero-order chi connectivity index (χ0) is 15.6. The third-order valence-electron chi connectivity index (χ3n) is 2.99. The number of pyridine rings is 1. The summed E-state index contributed by atoms with van der Waals surface area (Å²) in [5, 5.41) is 11.0. The number of anilines is 1. The molecule has 0 aliphatic carbocycles. The lowest BCUT2D eigenvalue weighted by atomic mass is 9.87. The molecule has 0 unspecified atom stereocenters. The Labute approximate surface area is 122 Å². The van der Waals surface area contributed by atoms with Crippen LogP contribution in [-0.2, 0) is 5.41 Å². The standard InChI is InChI=1S/C15H17N3O3/c1-15(2,3)10-4-6-11(7-5-10)21-14-12(18(19)20)8-9-13(16)17-14/h4-9H,1-3H3,(H2,16,17). The van der Waals surface area contributed by atoms with Crippen molar-refractivity contribution < 1.29 is 9.66 Å². The molecule has 0 spiro atoms. The van der Waals surface area contributed by atoms with Gasteiger partial charge in [0.05, 0.1) is 4.92 Å². The number of aromatic nitrogens is 1. The van der Waals surface area contributed by atoms with Crippen molar-refractivity contribution in [3.05, 3.63) is 52.1 Å². The highest BCUT2D eigenvalue weighted by Gasteiger charge is 2.18. The molecule has 0 amide bonds. The highest BCUT2D eigenvalue weighted by atomic mass is 16.6. The summed E-state index contributed by atoms with van der Waals surface area (Å²) in [4.78, 5) is 14.3. The van der Waals surface area contributed by atoms with Crippen LogP contribution >= 0.6 is 0 Å². The van der Waals surface area contributed by atoms with E-state index in [4.69, 9.17) is 10.5 Å². The number of nitro groups is 1. The monoisotopic (exact) mass is 287 g/mol. The van der Waals surface area contributed by atoms with Crippen LogP contribution in [0.2, 0.25) is 0 Å². The molecule has 6 nitrogen and oxygen atoms in total. The molecule has 1 aromatic heterocycles. The van der Waals surface area contributed by atoms with E-state index in [1.165, 1.54) is 12.1 Å². The summed E-state index contributed by atoms with van der Waals surface area (Å²) in [5.74, 6) is 0.537. The van der Waals surface area contributed by atoms with E-state index in [1.807, 2.05) is 12.1 Å². The summed E-state index contributed by atoms with van der Waals surface area (Å²) in [6.45, 7) is 6.31. The molecule has 0 saturated carbocycles. The molecule has 110 valence electrons. The largest absolute Gasteiger partial charge is 0.434 e. The molecule has 0 bridgehead atoms. The fourth-order valence-electron chi connectivity index (χ4n) is 1.80. The topological polar surface area (TPSA) is 91.3 Å². The molecule has 0 fully saturated rings. The first-order valence-electron chi connectivity index (χ1n) is 6.46. The van der Waals surface area contributed by atoms with Crippen LogP contribution in [0.4, 0.5) is 11.5 Å². The van der Waals surface area contributed by atoms with E-state index in [0.717, 1.165) is 5.56 Å². The average molecular weight is 287 g/mol. The number of nitrogen functional groups attached to an aromatic ring is 1. The Morgan fingerprint density at radius 1 is 1.14 bits per heavy atom. The van der Waals surface area contributed by atoms with Gasteiger partial charge in [0.15, 0.2) is 0 Å². The molecule has 2 rings (SSSR count). The van der Waals surface area contributed by atoms with E-state index in [0.29, 0.717) is 5.75 Å². The van der Waals surface area contributed by atoms with Gasteiger partial charge in [-0.25, -0.2) is 0 Å². The third-order valence-corrected chi connectivity index (χ3v) is 2.99. The number of ether oxygens (including phenoxy) is 1. The van der Waals surface area contributed by atoms with E-state index in [-0.39, 0.29) is 22.8 Å². The van der Waals surface area contributed by atoms with Crippen LogP contribution in [0.5, 0.6) is 11.6 Å². The zero-order valence-electron chi connectivity index (χ0n) is 12.2. The smallest absolute Gasteiger partial charge is 0.331 e. The van der Waals surface area contributed by atoms with E-state index in [2.05, 4.69) is 25.8 Å². The molecular formula is C15H17N3O3. The SMILES string of the molecule is CC(C)(C)c1ccc(Oc2nc(N)ccc2[N+](=O)[O-])cc1. The molecule has 2 N–H and O–H groups in total. The second-order valence-corrected chi connectivity index (χ2v) is 5.69. The highest BCUT2D eigenvalue weighted by molar-refractivity contribution is 5.48. The molecule has 2 aromatic rings. The van der Waals surface area contributed by atoms with Crippen LogP contribution in [0.3, 0.4) is 0 Å². The number of benzene rings is 1. The third kappa shape index (κ3) is 3.47. The molecule has 21 heavy (non-hydrogen) atoms. The molecule has 0 aliphatic rings. The molecule has 0 aliphatic heterocycles. The van der Waals surface area contributed by atoms with Crippen LogP contribution < -0.4 is 10.5 Å². The Morgan fingerprint density at radius 3 is 2.29 bits per heavy atom. The molecule has 0 saturated heterocycles. The highest BCUT2D eigenvalue weighted by Crippen LogP contribution is 2.31. The second kappa shape index (κ2) is 5.40. The fourth-order valence-corrected chi connectivity index (χ4v) is 1.80. The van der Waals surface area contributed by atoms with E-state index >= 15 is 0 Å². The molecule has 0 atom stereocenters. The Hall–Kier alpha value is -2.63. The number of rotatable bonds is 3. The van der Waals surface area contributed by atoms with Gasteiger partial charge in [-0.3, -0.25) is 10.1 Å². The number of nitrogens with zero attached hydrogens (tertiary/aromatic N) is 2.